The second-order valence-corrected chi connectivity index (χ2v) is 7.83. The third-order valence-electron chi connectivity index (χ3n) is 4.24. The molecule has 0 saturated carbocycles. The van der Waals surface area contributed by atoms with E-state index in [9.17, 15) is 4.79 Å². The number of halogens is 2. The molecule has 144 valence electrons. The van der Waals surface area contributed by atoms with Gasteiger partial charge in [0.25, 0.3) is 5.91 Å². The number of anilines is 1. The number of carbonyl (C=O) groups is 1. The zero-order valence-corrected chi connectivity index (χ0v) is 17.8. The lowest BCUT2D eigenvalue weighted by Crippen LogP contribution is -2.14. The van der Waals surface area contributed by atoms with Gasteiger partial charge in [-0.05, 0) is 55.5 Å². The van der Waals surface area contributed by atoms with E-state index >= 15 is 0 Å². The minimum atomic E-state index is -0.406. The summed E-state index contributed by atoms with van der Waals surface area (Å²) in [5.74, 6) is 0.258. The second kappa shape index (κ2) is 8.19. The number of nitrogens with zero attached hydrogens (tertiary/aromatic N) is 3. The Morgan fingerprint density at radius 1 is 1.03 bits per heavy atom. The van der Waals surface area contributed by atoms with E-state index in [2.05, 4.69) is 31.3 Å². The molecule has 0 saturated heterocycles. The molecule has 0 aliphatic heterocycles. The molecule has 0 bridgehead atoms. The first kappa shape index (κ1) is 19.4. The van der Waals surface area contributed by atoms with Gasteiger partial charge < -0.3 is 5.32 Å². The average molecular weight is 468 g/mol. The normalized spacial score (nSPS) is 10.7. The number of benzene rings is 3. The van der Waals surface area contributed by atoms with Gasteiger partial charge in [0.15, 0.2) is 5.82 Å². The van der Waals surface area contributed by atoms with E-state index in [1.165, 1.54) is 0 Å². The molecule has 1 heterocycles. The molecule has 4 rings (SSSR count). The maximum Gasteiger partial charge on any atom is 0.295 e. The van der Waals surface area contributed by atoms with E-state index in [-0.39, 0.29) is 5.82 Å². The van der Waals surface area contributed by atoms with E-state index in [0.717, 1.165) is 21.3 Å². The van der Waals surface area contributed by atoms with Crippen LogP contribution in [0.15, 0.2) is 77.3 Å². The molecule has 1 N–H and O–H groups in total. The Morgan fingerprint density at radius 3 is 2.52 bits per heavy atom. The summed E-state index contributed by atoms with van der Waals surface area (Å²) in [4.78, 5) is 17.3. The smallest absolute Gasteiger partial charge is 0.295 e. The van der Waals surface area contributed by atoms with Crippen LogP contribution in [0.4, 0.5) is 5.69 Å². The van der Waals surface area contributed by atoms with Crippen molar-refractivity contribution in [3.05, 3.63) is 93.7 Å². The lowest BCUT2D eigenvalue weighted by Gasteiger charge is -2.06. The Labute approximate surface area is 181 Å². The fourth-order valence-electron chi connectivity index (χ4n) is 2.89. The Bertz CT molecular complexity index is 1190. The molecule has 5 nitrogen and oxygen atoms in total. The lowest BCUT2D eigenvalue weighted by atomic mass is 10.1. The van der Waals surface area contributed by atoms with Crippen LogP contribution in [-0.2, 0) is 0 Å². The van der Waals surface area contributed by atoms with Crippen molar-refractivity contribution in [2.75, 3.05) is 5.32 Å². The molecule has 0 aliphatic carbocycles. The lowest BCUT2D eigenvalue weighted by molar-refractivity contribution is 0.101. The summed E-state index contributed by atoms with van der Waals surface area (Å²) in [6.07, 6.45) is 0. The standard InChI is InChI=1S/C22H16BrClN4O/c1-14-4-2-5-15(12-14)21-26-20(22(29)25-18-7-3-6-17(24)13-18)27-28(21)19-10-8-16(23)9-11-19/h2-13H,1H3,(H,25,29). The average Bonchev–Trinajstić information content (AvgIpc) is 3.14. The maximum atomic E-state index is 12.8. The summed E-state index contributed by atoms with van der Waals surface area (Å²) in [5, 5.41) is 7.81. The van der Waals surface area contributed by atoms with Gasteiger partial charge in [0.1, 0.15) is 0 Å². The minimum absolute atomic E-state index is 0.0735. The molecule has 3 aromatic carbocycles. The summed E-state index contributed by atoms with van der Waals surface area (Å²) in [7, 11) is 0. The van der Waals surface area contributed by atoms with Gasteiger partial charge in [-0.2, -0.15) is 0 Å². The molecule has 0 atom stereocenters. The molecule has 1 amide bonds. The number of nitrogens with one attached hydrogen (secondary N) is 1. The summed E-state index contributed by atoms with van der Waals surface area (Å²) in [5.41, 5.74) is 3.36. The van der Waals surface area contributed by atoms with Crippen molar-refractivity contribution in [1.29, 1.82) is 0 Å². The maximum absolute atomic E-state index is 12.8. The number of hydrogen-bond acceptors (Lipinski definition) is 3. The highest BCUT2D eigenvalue weighted by atomic mass is 79.9. The van der Waals surface area contributed by atoms with Crippen molar-refractivity contribution >= 4 is 39.1 Å². The van der Waals surface area contributed by atoms with Gasteiger partial charge in [-0.15, -0.1) is 5.10 Å². The van der Waals surface area contributed by atoms with Crippen LogP contribution in [0.25, 0.3) is 17.1 Å². The van der Waals surface area contributed by atoms with Crippen molar-refractivity contribution in [1.82, 2.24) is 14.8 Å². The highest BCUT2D eigenvalue weighted by Gasteiger charge is 2.19. The van der Waals surface area contributed by atoms with E-state index in [1.54, 1.807) is 28.9 Å². The minimum Gasteiger partial charge on any atom is -0.319 e. The summed E-state index contributed by atoms with van der Waals surface area (Å²) >= 11 is 9.44. The molecule has 0 spiro atoms. The highest BCUT2D eigenvalue weighted by Crippen LogP contribution is 2.24. The Morgan fingerprint density at radius 2 is 1.79 bits per heavy atom. The topological polar surface area (TPSA) is 59.8 Å². The number of aryl methyl sites for hydroxylation is 1. The summed E-state index contributed by atoms with van der Waals surface area (Å²) in [6.45, 7) is 2.01. The first-order valence-electron chi connectivity index (χ1n) is 8.86. The molecule has 0 fully saturated rings. The van der Waals surface area contributed by atoms with Crippen LogP contribution in [0.1, 0.15) is 16.2 Å². The van der Waals surface area contributed by atoms with Gasteiger partial charge in [0.05, 0.1) is 5.69 Å². The quantitative estimate of drug-likeness (QED) is 0.406. The van der Waals surface area contributed by atoms with Crippen molar-refractivity contribution in [2.24, 2.45) is 0 Å². The van der Waals surface area contributed by atoms with E-state index in [0.29, 0.717) is 16.5 Å². The SMILES string of the molecule is Cc1cccc(-c2nc(C(=O)Nc3cccc(Cl)c3)nn2-c2ccc(Br)cc2)c1. The molecule has 7 heteroatoms. The van der Waals surface area contributed by atoms with Gasteiger partial charge >= 0.3 is 0 Å². The molecular formula is C22H16BrClN4O. The van der Waals surface area contributed by atoms with Crippen LogP contribution in [0.2, 0.25) is 5.02 Å². The Hall–Kier alpha value is -2.96. The zero-order chi connectivity index (χ0) is 20.4. The summed E-state index contributed by atoms with van der Waals surface area (Å²) < 4.78 is 2.63. The fourth-order valence-corrected chi connectivity index (χ4v) is 3.35. The van der Waals surface area contributed by atoms with Crippen LogP contribution in [0.3, 0.4) is 0 Å². The Balaban J connectivity index is 1.76. The monoisotopic (exact) mass is 466 g/mol. The predicted octanol–water partition coefficient (Wildman–Crippen LogP) is 5.91. The van der Waals surface area contributed by atoms with Crippen molar-refractivity contribution in [3.8, 4) is 17.1 Å². The predicted molar refractivity (Wildman–Crippen MR) is 119 cm³/mol. The largest absolute Gasteiger partial charge is 0.319 e. The van der Waals surface area contributed by atoms with Crippen LogP contribution in [0.5, 0.6) is 0 Å². The number of hydrogen-bond donors (Lipinski definition) is 1. The highest BCUT2D eigenvalue weighted by molar-refractivity contribution is 9.10. The Kier molecular flexibility index (Phi) is 5.47. The van der Waals surface area contributed by atoms with Crippen LogP contribution >= 0.6 is 27.5 Å². The van der Waals surface area contributed by atoms with Gasteiger partial charge in [0.2, 0.25) is 5.82 Å². The molecule has 29 heavy (non-hydrogen) atoms. The van der Waals surface area contributed by atoms with Crippen molar-refractivity contribution < 1.29 is 4.79 Å². The van der Waals surface area contributed by atoms with Crippen molar-refractivity contribution in [3.63, 3.8) is 0 Å². The van der Waals surface area contributed by atoms with E-state index < -0.39 is 5.91 Å². The molecular weight excluding hydrogens is 452 g/mol. The molecule has 0 aliphatic rings. The number of carbonyl (C=O) groups excluding carboxylic acids is 1. The van der Waals surface area contributed by atoms with Crippen LogP contribution in [-0.4, -0.2) is 20.7 Å². The number of rotatable bonds is 4. The first-order valence-corrected chi connectivity index (χ1v) is 10.0. The third-order valence-corrected chi connectivity index (χ3v) is 5.00. The summed E-state index contributed by atoms with van der Waals surface area (Å²) in [6, 6.07) is 22.5. The van der Waals surface area contributed by atoms with E-state index in [4.69, 9.17) is 11.6 Å². The first-order chi connectivity index (χ1) is 14.0. The van der Waals surface area contributed by atoms with Gasteiger partial charge in [-0.25, -0.2) is 9.67 Å². The molecule has 4 aromatic rings. The fraction of sp³-hybridized carbons (Fsp3) is 0.0455. The van der Waals surface area contributed by atoms with Crippen LogP contribution < -0.4 is 5.32 Å². The zero-order valence-electron chi connectivity index (χ0n) is 15.4. The van der Waals surface area contributed by atoms with Gasteiger partial charge in [-0.3, -0.25) is 4.79 Å². The van der Waals surface area contributed by atoms with Gasteiger partial charge in [0, 0.05) is 20.7 Å². The van der Waals surface area contributed by atoms with Crippen LogP contribution in [0, 0.1) is 6.92 Å². The van der Waals surface area contributed by atoms with Gasteiger partial charge in [-0.1, -0.05) is 57.4 Å². The number of amides is 1. The third kappa shape index (κ3) is 4.39. The van der Waals surface area contributed by atoms with Crippen molar-refractivity contribution in [2.45, 2.75) is 6.92 Å². The van der Waals surface area contributed by atoms with E-state index in [1.807, 2.05) is 55.5 Å². The molecule has 0 radical (unpaired) electrons. The molecule has 0 unspecified atom stereocenters. The second-order valence-electron chi connectivity index (χ2n) is 6.48. The molecule has 1 aromatic heterocycles. The number of aromatic nitrogens is 3.